The Hall–Kier alpha value is -2.23. The molecule has 0 aliphatic rings. The minimum absolute atomic E-state index is 0.260. The number of pyridine rings is 1. The van der Waals surface area contributed by atoms with Gasteiger partial charge in [0.2, 0.25) is 0 Å². The number of amides is 1. The number of halogens is 1. The summed E-state index contributed by atoms with van der Waals surface area (Å²) in [6.45, 7) is 3.81. The van der Waals surface area contributed by atoms with Crippen LogP contribution in [0.15, 0.2) is 36.4 Å². The average molecular weight is 258 g/mol. The molecule has 0 fully saturated rings. The molecular weight excluding hydrogens is 243 g/mol. The zero-order valence-corrected chi connectivity index (χ0v) is 10.9. The van der Waals surface area contributed by atoms with Gasteiger partial charge in [-0.1, -0.05) is 18.2 Å². The molecule has 2 rings (SSSR count). The van der Waals surface area contributed by atoms with Crippen LogP contribution in [0.3, 0.4) is 0 Å². The summed E-state index contributed by atoms with van der Waals surface area (Å²) in [7, 11) is 0. The fraction of sp³-hybridized carbons (Fsp3) is 0.200. The third kappa shape index (κ3) is 3.37. The zero-order chi connectivity index (χ0) is 13.8. The predicted molar refractivity (Wildman–Crippen MR) is 71.3 cm³/mol. The molecule has 1 amide bonds. The second-order valence-electron chi connectivity index (χ2n) is 4.43. The standard InChI is InChI=1S/C15H15FN2O/c1-10-6-7-12(8-13(10)16)9-17-15(19)14-5-3-4-11(2)18-14/h3-8H,9H2,1-2H3,(H,17,19). The molecule has 0 aliphatic carbocycles. The van der Waals surface area contributed by atoms with Gasteiger partial charge in [-0.25, -0.2) is 9.37 Å². The number of carbonyl (C=O) groups excluding carboxylic acids is 1. The molecule has 3 nitrogen and oxygen atoms in total. The predicted octanol–water partition coefficient (Wildman–Crippen LogP) is 2.77. The number of nitrogens with zero attached hydrogens (tertiary/aromatic N) is 1. The Morgan fingerprint density at radius 2 is 2.05 bits per heavy atom. The Morgan fingerprint density at radius 3 is 2.74 bits per heavy atom. The summed E-state index contributed by atoms with van der Waals surface area (Å²) in [4.78, 5) is 16.0. The lowest BCUT2D eigenvalue weighted by atomic mass is 10.1. The maximum Gasteiger partial charge on any atom is 0.270 e. The van der Waals surface area contributed by atoms with Crippen LogP contribution in [0.5, 0.6) is 0 Å². The van der Waals surface area contributed by atoms with Gasteiger partial charge in [-0.15, -0.1) is 0 Å². The van der Waals surface area contributed by atoms with Crippen LogP contribution >= 0.6 is 0 Å². The van der Waals surface area contributed by atoms with Gasteiger partial charge in [0.1, 0.15) is 11.5 Å². The normalized spacial score (nSPS) is 10.3. The van der Waals surface area contributed by atoms with Gasteiger partial charge in [-0.2, -0.15) is 0 Å². The monoisotopic (exact) mass is 258 g/mol. The largest absolute Gasteiger partial charge is 0.347 e. The van der Waals surface area contributed by atoms with Crippen molar-refractivity contribution in [3.05, 3.63) is 64.7 Å². The third-order valence-corrected chi connectivity index (χ3v) is 2.81. The smallest absolute Gasteiger partial charge is 0.270 e. The molecule has 4 heteroatoms. The molecular formula is C15H15FN2O. The Bertz CT molecular complexity index is 611. The number of nitrogens with one attached hydrogen (secondary N) is 1. The van der Waals surface area contributed by atoms with Gasteiger partial charge < -0.3 is 5.32 Å². The molecule has 1 aromatic carbocycles. The molecule has 98 valence electrons. The van der Waals surface area contributed by atoms with E-state index in [9.17, 15) is 9.18 Å². The maximum absolute atomic E-state index is 13.4. The lowest BCUT2D eigenvalue weighted by Gasteiger charge is -2.06. The van der Waals surface area contributed by atoms with E-state index in [1.807, 2.05) is 13.0 Å². The number of hydrogen-bond donors (Lipinski definition) is 1. The van der Waals surface area contributed by atoms with Crippen molar-refractivity contribution in [1.82, 2.24) is 10.3 Å². The first kappa shape index (κ1) is 13.2. The van der Waals surface area contributed by atoms with E-state index in [4.69, 9.17) is 0 Å². The molecule has 1 N–H and O–H groups in total. The van der Waals surface area contributed by atoms with Crippen LogP contribution in [-0.4, -0.2) is 10.9 Å². The number of rotatable bonds is 3. The highest BCUT2D eigenvalue weighted by molar-refractivity contribution is 5.92. The lowest BCUT2D eigenvalue weighted by Crippen LogP contribution is -2.24. The summed E-state index contributed by atoms with van der Waals surface area (Å²) in [6.07, 6.45) is 0. The number of aryl methyl sites for hydroxylation is 2. The van der Waals surface area contributed by atoms with Gasteiger partial charge in [0, 0.05) is 12.2 Å². The van der Waals surface area contributed by atoms with Crippen LogP contribution in [0, 0.1) is 19.7 Å². The zero-order valence-electron chi connectivity index (χ0n) is 10.9. The van der Waals surface area contributed by atoms with Crippen LogP contribution in [0.25, 0.3) is 0 Å². The van der Waals surface area contributed by atoms with Crippen molar-refractivity contribution in [2.75, 3.05) is 0 Å². The number of carbonyl (C=O) groups is 1. The highest BCUT2D eigenvalue weighted by atomic mass is 19.1. The second-order valence-corrected chi connectivity index (χ2v) is 4.43. The number of aromatic nitrogens is 1. The first-order valence-corrected chi connectivity index (χ1v) is 6.03. The molecule has 1 heterocycles. The summed E-state index contributed by atoms with van der Waals surface area (Å²) >= 11 is 0. The molecule has 19 heavy (non-hydrogen) atoms. The molecule has 2 aromatic rings. The van der Waals surface area contributed by atoms with Crippen LogP contribution in [0.2, 0.25) is 0 Å². The van der Waals surface area contributed by atoms with E-state index in [-0.39, 0.29) is 18.3 Å². The summed E-state index contributed by atoms with van der Waals surface area (Å²) < 4.78 is 13.4. The average Bonchev–Trinajstić information content (AvgIpc) is 2.40. The van der Waals surface area contributed by atoms with Crippen molar-refractivity contribution in [1.29, 1.82) is 0 Å². The lowest BCUT2D eigenvalue weighted by molar-refractivity contribution is 0.0945. The molecule has 0 bridgehead atoms. The minimum Gasteiger partial charge on any atom is -0.347 e. The van der Waals surface area contributed by atoms with E-state index >= 15 is 0 Å². The summed E-state index contributed by atoms with van der Waals surface area (Å²) in [5.41, 5.74) is 2.47. The number of benzene rings is 1. The topological polar surface area (TPSA) is 42.0 Å². The van der Waals surface area contributed by atoms with Crippen LogP contribution in [0.4, 0.5) is 4.39 Å². The summed E-state index contributed by atoms with van der Waals surface area (Å²) in [5.74, 6) is -0.523. The molecule has 0 saturated carbocycles. The van der Waals surface area contributed by atoms with Gasteiger partial charge in [0.25, 0.3) is 5.91 Å². The highest BCUT2D eigenvalue weighted by Gasteiger charge is 2.07. The van der Waals surface area contributed by atoms with E-state index in [1.54, 1.807) is 31.2 Å². The van der Waals surface area contributed by atoms with Gasteiger partial charge in [-0.05, 0) is 43.2 Å². The van der Waals surface area contributed by atoms with Crippen molar-refractivity contribution < 1.29 is 9.18 Å². The van der Waals surface area contributed by atoms with Gasteiger partial charge in [0.15, 0.2) is 0 Å². The van der Waals surface area contributed by atoms with Gasteiger partial charge in [-0.3, -0.25) is 4.79 Å². The van der Waals surface area contributed by atoms with Crippen molar-refractivity contribution in [2.45, 2.75) is 20.4 Å². The van der Waals surface area contributed by atoms with Gasteiger partial charge in [0.05, 0.1) is 0 Å². The molecule has 0 saturated heterocycles. The van der Waals surface area contributed by atoms with Crippen molar-refractivity contribution in [2.24, 2.45) is 0 Å². The third-order valence-electron chi connectivity index (χ3n) is 2.81. The van der Waals surface area contributed by atoms with E-state index in [0.29, 0.717) is 11.3 Å². The molecule has 1 aromatic heterocycles. The van der Waals surface area contributed by atoms with Crippen LogP contribution in [0.1, 0.15) is 27.3 Å². The van der Waals surface area contributed by atoms with Crippen molar-refractivity contribution in [3.63, 3.8) is 0 Å². The van der Waals surface area contributed by atoms with E-state index in [2.05, 4.69) is 10.3 Å². The molecule has 0 radical (unpaired) electrons. The maximum atomic E-state index is 13.4. The molecule has 0 atom stereocenters. The molecule has 0 spiro atoms. The Balaban J connectivity index is 2.02. The van der Waals surface area contributed by atoms with E-state index in [1.165, 1.54) is 6.07 Å². The fourth-order valence-electron chi connectivity index (χ4n) is 1.69. The van der Waals surface area contributed by atoms with Crippen LogP contribution in [-0.2, 0) is 6.54 Å². The Labute approximate surface area is 111 Å². The summed E-state index contributed by atoms with van der Waals surface area (Å²) in [6, 6.07) is 10.2. The Morgan fingerprint density at radius 1 is 1.26 bits per heavy atom. The first-order valence-electron chi connectivity index (χ1n) is 6.03. The quantitative estimate of drug-likeness (QED) is 0.919. The summed E-state index contributed by atoms with van der Waals surface area (Å²) in [5, 5.41) is 2.72. The highest BCUT2D eigenvalue weighted by Crippen LogP contribution is 2.09. The van der Waals surface area contributed by atoms with Gasteiger partial charge >= 0.3 is 0 Å². The minimum atomic E-state index is -0.263. The fourth-order valence-corrected chi connectivity index (χ4v) is 1.69. The van der Waals surface area contributed by atoms with E-state index in [0.717, 1.165) is 11.3 Å². The van der Waals surface area contributed by atoms with E-state index < -0.39 is 0 Å². The van der Waals surface area contributed by atoms with Crippen LogP contribution < -0.4 is 5.32 Å². The SMILES string of the molecule is Cc1cccc(C(=O)NCc2ccc(C)c(F)c2)n1. The second kappa shape index (κ2) is 5.61. The molecule has 0 unspecified atom stereocenters. The van der Waals surface area contributed by atoms with Crippen molar-refractivity contribution >= 4 is 5.91 Å². The molecule has 0 aliphatic heterocycles. The van der Waals surface area contributed by atoms with Crippen molar-refractivity contribution in [3.8, 4) is 0 Å². The Kier molecular flexibility index (Phi) is 3.90. The first-order chi connectivity index (χ1) is 9.06. The number of hydrogen-bond acceptors (Lipinski definition) is 2.